The lowest BCUT2D eigenvalue weighted by Crippen LogP contribution is -2.35. The van der Waals surface area contributed by atoms with E-state index in [-0.39, 0.29) is 17.2 Å². The van der Waals surface area contributed by atoms with Crippen molar-refractivity contribution in [1.29, 1.82) is 0 Å². The zero-order valence-electron chi connectivity index (χ0n) is 9.83. The molecule has 1 fully saturated rings. The second-order valence-electron chi connectivity index (χ2n) is 3.75. The molecule has 0 atom stereocenters. The zero-order chi connectivity index (χ0) is 13.8. The normalized spacial score (nSPS) is 14.3. The molecule has 2 N–H and O–H groups in total. The van der Waals surface area contributed by atoms with Crippen molar-refractivity contribution in [2.24, 2.45) is 0 Å². The summed E-state index contributed by atoms with van der Waals surface area (Å²) in [5.74, 6) is -1.32. The fourth-order valence-corrected chi connectivity index (χ4v) is 2.32. The molecule has 1 aromatic heterocycles. The molecule has 8 heteroatoms. The third-order valence-corrected chi connectivity index (χ3v) is 3.39. The highest BCUT2D eigenvalue weighted by atomic mass is 32.2. The second-order valence-corrected chi connectivity index (χ2v) is 4.75. The number of carboxylic acid groups (broad SMARTS) is 1. The number of carboxylic acids is 1. The number of urea groups is 1. The Morgan fingerprint density at radius 3 is 2.95 bits per heavy atom. The average molecular weight is 281 g/mol. The van der Waals surface area contributed by atoms with E-state index >= 15 is 0 Å². The molecule has 19 heavy (non-hydrogen) atoms. The van der Waals surface area contributed by atoms with Crippen molar-refractivity contribution in [3.63, 3.8) is 0 Å². The summed E-state index contributed by atoms with van der Waals surface area (Å²) in [6.45, 7) is 0.822. The van der Waals surface area contributed by atoms with Crippen LogP contribution in [-0.4, -0.2) is 51.7 Å². The van der Waals surface area contributed by atoms with E-state index < -0.39 is 12.0 Å². The number of hydrogen-bond donors (Lipinski definition) is 2. The fourth-order valence-electron chi connectivity index (χ4n) is 1.54. The third-order valence-electron chi connectivity index (χ3n) is 2.48. The van der Waals surface area contributed by atoms with Gasteiger partial charge in [0.15, 0.2) is 0 Å². The van der Waals surface area contributed by atoms with Gasteiger partial charge in [-0.15, -0.1) is 0 Å². The maximum Gasteiger partial charge on any atom is 0.335 e. The lowest BCUT2D eigenvalue weighted by Gasteiger charge is -2.11. The summed E-state index contributed by atoms with van der Waals surface area (Å²) in [4.78, 5) is 38.9. The molecule has 1 aromatic rings. The minimum Gasteiger partial charge on any atom is -0.478 e. The van der Waals surface area contributed by atoms with Crippen LogP contribution in [0.3, 0.4) is 0 Å². The Labute approximate surface area is 113 Å². The van der Waals surface area contributed by atoms with Gasteiger partial charge in [0.2, 0.25) is 5.91 Å². The van der Waals surface area contributed by atoms with Gasteiger partial charge in [-0.05, 0) is 12.1 Å². The van der Waals surface area contributed by atoms with Crippen LogP contribution in [0.2, 0.25) is 0 Å². The van der Waals surface area contributed by atoms with Gasteiger partial charge < -0.3 is 10.4 Å². The van der Waals surface area contributed by atoms with E-state index in [0.717, 1.165) is 16.7 Å². The van der Waals surface area contributed by atoms with Crippen LogP contribution >= 0.6 is 11.8 Å². The number of carbonyl (C=O) groups excluding carboxylic acids is 2. The van der Waals surface area contributed by atoms with E-state index in [0.29, 0.717) is 18.1 Å². The Kier molecular flexibility index (Phi) is 4.00. The lowest BCUT2D eigenvalue weighted by atomic mass is 10.3. The van der Waals surface area contributed by atoms with Gasteiger partial charge in [0.05, 0.1) is 16.3 Å². The van der Waals surface area contributed by atoms with Crippen molar-refractivity contribution in [2.75, 3.05) is 18.8 Å². The van der Waals surface area contributed by atoms with Crippen molar-refractivity contribution in [1.82, 2.24) is 15.2 Å². The fraction of sp³-hybridized carbons (Fsp3) is 0.273. The topological polar surface area (TPSA) is 99.6 Å². The van der Waals surface area contributed by atoms with E-state index in [9.17, 15) is 14.4 Å². The van der Waals surface area contributed by atoms with Gasteiger partial charge in [-0.3, -0.25) is 9.69 Å². The van der Waals surface area contributed by atoms with E-state index in [4.69, 9.17) is 5.11 Å². The number of nitrogens with one attached hydrogen (secondary N) is 1. The molecule has 0 bridgehead atoms. The number of thioether (sulfide) groups is 1. The molecule has 1 aliphatic rings. The quantitative estimate of drug-likeness (QED) is 0.776. The monoisotopic (exact) mass is 281 g/mol. The Bertz CT molecular complexity index is 534. The Balaban J connectivity index is 1.95. The Morgan fingerprint density at radius 2 is 2.32 bits per heavy atom. The molecular formula is C11H11N3O4S. The van der Waals surface area contributed by atoms with Gasteiger partial charge in [-0.1, -0.05) is 11.8 Å². The van der Waals surface area contributed by atoms with Gasteiger partial charge >= 0.3 is 12.0 Å². The highest BCUT2D eigenvalue weighted by Gasteiger charge is 2.25. The largest absolute Gasteiger partial charge is 0.478 e. The number of pyridine rings is 1. The molecule has 2 heterocycles. The molecule has 100 valence electrons. The number of aromatic nitrogens is 1. The summed E-state index contributed by atoms with van der Waals surface area (Å²) in [6, 6.07) is 2.38. The summed E-state index contributed by atoms with van der Waals surface area (Å²) >= 11 is 1.10. The van der Waals surface area contributed by atoms with Crippen molar-refractivity contribution in [3.05, 3.63) is 23.9 Å². The maximum atomic E-state index is 11.7. The van der Waals surface area contributed by atoms with Crippen LogP contribution in [-0.2, 0) is 4.79 Å². The van der Waals surface area contributed by atoms with Gasteiger partial charge in [0.1, 0.15) is 0 Å². The summed E-state index contributed by atoms with van der Waals surface area (Å²) in [5.41, 5.74) is 0.115. The first kappa shape index (κ1) is 13.3. The van der Waals surface area contributed by atoms with E-state index in [1.54, 1.807) is 0 Å². The van der Waals surface area contributed by atoms with Crippen LogP contribution in [0.5, 0.6) is 0 Å². The number of hydrogen-bond acceptors (Lipinski definition) is 5. The van der Waals surface area contributed by atoms with Crippen LogP contribution in [0, 0.1) is 0 Å². The molecule has 1 aliphatic heterocycles. The van der Waals surface area contributed by atoms with Crippen LogP contribution in [0.15, 0.2) is 23.4 Å². The molecule has 0 unspecified atom stereocenters. The van der Waals surface area contributed by atoms with E-state index in [1.807, 2.05) is 0 Å². The zero-order valence-corrected chi connectivity index (χ0v) is 10.6. The number of amides is 3. The van der Waals surface area contributed by atoms with Crippen LogP contribution < -0.4 is 5.32 Å². The average Bonchev–Trinajstić information content (AvgIpc) is 2.82. The predicted octanol–water partition coefficient (Wildman–Crippen LogP) is 0.424. The summed E-state index contributed by atoms with van der Waals surface area (Å²) in [5, 5.41) is 11.8. The lowest BCUT2D eigenvalue weighted by molar-refractivity contribution is -0.124. The summed E-state index contributed by atoms with van der Waals surface area (Å²) in [7, 11) is 0. The van der Waals surface area contributed by atoms with Gasteiger partial charge in [-0.2, -0.15) is 0 Å². The number of carbonyl (C=O) groups is 3. The van der Waals surface area contributed by atoms with Crippen LogP contribution in [0.25, 0.3) is 0 Å². The number of rotatable bonds is 4. The molecule has 0 spiro atoms. The van der Waals surface area contributed by atoms with Gasteiger partial charge in [0, 0.05) is 19.3 Å². The van der Waals surface area contributed by atoms with Crippen LogP contribution in [0.1, 0.15) is 10.4 Å². The number of aromatic carboxylic acids is 1. The highest BCUT2D eigenvalue weighted by molar-refractivity contribution is 7.99. The molecule has 1 saturated heterocycles. The molecule has 0 saturated carbocycles. The van der Waals surface area contributed by atoms with Gasteiger partial charge in [-0.25, -0.2) is 14.6 Å². The molecular weight excluding hydrogens is 270 g/mol. The smallest absolute Gasteiger partial charge is 0.335 e. The standard InChI is InChI=1S/C11H11N3O4S/c15-9(14-4-3-13-11(14)18)6-19-8-5-7(10(16)17)1-2-12-8/h1-2,5H,3-4,6H2,(H,13,18)(H,16,17). The third kappa shape index (κ3) is 3.22. The molecule has 3 amide bonds. The molecule has 7 nitrogen and oxygen atoms in total. The number of imide groups is 1. The van der Waals surface area contributed by atoms with Crippen molar-refractivity contribution < 1.29 is 19.5 Å². The Morgan fingerprint density at radius 1 is 1.53 bits per heavy atom. The Hall–Kier alpha value is -2.09. The molecule has 0 aromatic carbocycles. The van der Waals surface area contributed by atoms with Crippen molar-refractivity contribution in [2.45, 2.75) is 5.03 Å². The minimum absolute atomic E-state index is 0.0451. The SMILES string of the molecule is O=C(O)c1ccnc(SCC(=O)N2CCNC2=O)c1. The summed E-state index contributed by atoms with van der Waals surface area (Å²) in [6.07, 6.45) is 1.37. The van der Waals surface area contributed by atoms with Gasteiger partial charge in [0.25, 0.3) is 0 Å². The second kappa shape index (κ2) is 5.70. The first-order valence-corrected chi connectivity index (χ1v) is 6.47. The van der Waals surface area contributed by atoms with Crippen LogP contribution in [0.4, 0.5) is 4.79 Å². The van der Waals surface area contributed by atoms with Crippen molar-refractivity contribution in [3.8, 4) is 0 Å². The van der Waals surface area contributed by atoms with Crippen molar-refractivity contribution >= 4 is 29.7 Å². The molecule has 0 radical (unpaired) electrons. The first-order valence-electron chi connectivity index (χ1n) is 5.48. The molecule has 2 rings (SSSR count). The summed E-state index contributed by atoms with van der Waals surface area (Å²) < 4.78 is 0. The highest BCUT2D eigenvalue weighted by Crippen LogP contribution is 2.17. The first-order chi connectivity index (χ1) is 9.08. The molecule has 0 aliphatic carbocycles. The predicted molar refractivity (Wildman–Crippen MR) is 67.0 cm³/mol. The maximum absolute atomic E-state index is 11.7. The van der Waals surface area contributed by atoms with E-state index in [2.05, 4.69) is 10.3 Å². The van der Waals surface area contributed by atoms with E-state index in [1.165, 1.54) is 18.3 Å². The number of nitrogens with zero attached hydrogens (tertiary/aromatic N) is 2. The minimum atomic E-state index is -1.05.